The van der Waals surface area contributed by atoms with Gasteiger partial charge in [-0.15, -0.1) is 0 Å². The molecule has 0 bridgehead atoms. The van der Waals surface area contributed by atoms with Crippen LogP contribution in [0.1, 0.15) is 37.3 Å². The zero-order chi connectivity index (χ0) is 22.7. The minimum Gasteiger partial charge on any atom is -0.356 e. The molecule has 2 amide bonds. The van der Waals surface area contributed by atoms with Crippen LogP contribution < -0.4 is 5.32 Å². The van der Waals surface area contributed by atoms with Gasteiger partial charge in [0.1, 0.15) is 0 Å². The minimum absolute atomic E-state index is 0.0103. The predicted octanol–water partition coefficient (Wildman–Crippen LogP) is 0.856. The number of likely N-dealkylation sites (tertiary alicyclic amines) is 1. The van der Waals surface area contributed by atoms with Crippen molar-refractivity contribution in [1.82, 2.24) is 19.4 Å². The summed E-state index contributed by atoms with van der Waals surface area (Å²) in [5.41, 5.74) is 2.40. The molecule has 2 aliphatic heterocycles. The summed E-state index contributed by atoms with van der Waals surface area (Å²) in [6.45, 7) is 5.65. The second-order valence-electron chi connectivity index (χ2n) is 9.04. The monoisotopic (exact) mass is 462 g/mol. The standard InChI is InChI=1S/C23H34N4O4S/c1-2-24-23(29)20-7-4-10-25(16-20)17-22(28)26-11-13-27(14-12-26)32(30,31)21-9-8-18-5-3-6-19(18)15-21/h8-9,15,20H,2-7,10-14,16-17H2,1H3,(H,24,29). The number of fused-ring (bicyclic) bond motifs is 1. The fraction of sp³-hybridized carbons (Fsp3) is 0.652. The van der Waals surface area contributed by atoms with Crippen molar-refractivity contribution in [3.05, 3.63) is 29.3 Å². The number of hydrogen-bond acceptors (Lipinski definition) is 5. The third-order valence-corrected chi connectivity index (χ3v) is 8.78. The van der Waals surface area contributed by atoms with Crippen molar-refractivity contribution >= 4 is 21.8 Å². The third-order valence-electron chi connectivity index (χ3n) is 6.89. The number of carbonyl (C=O) groups excluding carboxylic acids is 2. The lowest BCUT2D eigenvalue weighted by Gasteiger charge is -2.36. The number of benzene rings is 1. The highest BCUT2D eigenvalue weighted by Crippen LogP contribution is 2.27. The zero-order valence-corrected chi connectivity index (χ0v) is 19.7. The van der Waals surface area contributed by atoms with E-state index in [1.807, 2.05) is 19.1 Å². The van der Waals surface area contributed by atoms with Crippen molar-refractivity contribution in [3.8, 4) is 0 Å². The summed E-state index contributed by atoms with van der Waals surface area (Å²) >= 11 is 0. The molecule has 1 atom stereocenters. The van der Waals surface area contributed by atoms with Crippen molar-refractivity contribution in [2.24, 2.45) is 5.92 Å². The molecule has 2 fully saturated rings. The summed E-state index contributed by atoms with van der Waals surface area (Å²) < 4.78 is 27.7. The number of piperidine rings is 1. The Labute approximate surface area is 191 Å². The van der Waals surface area contributed by atoms with Crippen LogP contribution >= 0.6 is 0 Å². The van der Waals surface area contributed by atoms with Gasteiger partial charge in [-0.1, -0.05) is 6.07 Å². The number of rotatable bonds is 6. The quantitative estimate of drug-likeness (QED) is 0.677. The molecule has 1 aliphatic carbocycles. The number of piperazine rings is 1. The molecular weight excluding hydrogens is 428 g/mol. The maximum absolute atomic E-state index is 13.1. The summed E-state index contributed by atoms with van der Waals surface area (Å²) in [7, 11) is -3.54. The summed E-state index contributed by atoms with van der Waals surface area (Å²) in [6.07, 6.45) is 4.81. The molecule has 8 nitrogen and oxygen atoms in total. The van der Waals surface area contributed by atoms with E-state index in [9.17, 15) is 18.0 Å². The molecule has 1 unspecified atom stereocenters. The topological polar surface area (TPSA) is 90.0 Å². The van der Waals surface area contributed by atoms with Gasteiger partial charge >= 0.3 is 0 Å². The fourth-order valence-corrected chi connectivity index (χ4v) is 6.53. The van der Waals surface area contributed by atoms with Crippen molar-refractivity contribution in [3.63, 3.8) is 0 Å². The first-order valence-corrected chi connectivity index (χ1v) is 13.2. The number of amides is 2. The van der Waals surface area contributed by atoms with Gasteiger partial charge in [-0.3, -0.25) is 14.5 Å². The zero-order valence-electron chi connectivity index (χ0n) is 18.9. The lowest BCUT2D eigenvalue weighted by Crippen LogP contribution is -2.53. The molecule has 4 rings (SSSR count). The van der Waals surface area contributed by atoms with E-state index >= 15 is 0 Å². The molecule has 0 spiro atoms. The largest absolute Gasteiger partial charge is 0.356 e. The van der Waals surface area contributed by atoms with Crippen LogP contribution in [0.15, 0.2) is 23.1 Å². The Hall–Kier alpha value is -1.97. The Kier molecular flexibility index (Phi) is 7.17. The maximum atomic E-state index is 13.1. The minimum atomic E-state index is -3.54. The van der Waals surface area contributed by atoms with Gasteiger partial charge in [0.15, 0.2) is 0 Å². The summed E-state index contributed by atoms with van der Waals surface area (Å²) in [4.78, 5) is 29.2. The van der Waals surface area contributed by atoms with Gasteiger partial charge in [-0.05, 0) is 68.8 Å². The van der Waals surface area contributed by atoms with Crippen molar-refractivity contribution in [2.75, 3.05) is 52.4 Å². The van der Waals surface area contributed by atoms with Crippen molar-refractivity contribution in [1.29, 1.82) is 0 Å². The number of aryl methyl sites for hydroxylation is 2. The van der Waals surface area contributed by atoms with Gasteiger partial charge in [0, 0.05) is 39.3 Å². The number of carbonyl (C=O) groups is 2. The van der Waals surface area contributed by atoms with Crippen LogP contribution in [0.2, 0.25) is 0 Å². The fourth-order valence-electron chi connectivity index (χ4n) is 5.06. The molecule has 2 heterocycles. The molecule has 2 saturated heterocycles. The van der Waals surface area contributed by atoms with Gasteiger partial charge in [0.2, 0.25) is 21.8 Å². The number of nitrogens with one attached hydrogen (secondary N) is 1. The molecule has 9 heteroatoms. The summed E-state index contributed by atoms with van der Waals surface area (Å²) in [5, 5.41) is 2.88. The van der Waals surface area contributed by atoms with Gasteiger partial charge in [0.25, 0.3) is 0 Å². The number of nitrogens with zero attached hydrogens (tertiary/aromatic N) is 3. The number of hydrogen-bond donors (Lipinski definition) is 1. The highest BCUT2D eigenvalue weighted by atomic mass is 32.2. The van der Waals surface area contributed by atoms with E-state index in [4.69, 9.17) is 0 Å². The lowest BCUT2D eigenvalue weighted by atomic mass is 9.97. The van der Waals surface area contributed by atoms with Crippen LogP contribution in [0.3, 0.4) is 0 Å². The second-order valence-corrected chi connectivity index (χ2v) is 11.0. The number of sulfonamides is 1. The molecule has 1 aromatic carbocycles. The normalized spacial score (nSPS) is 22.5. The van der Waals surface area contributed by atoms with Gasteiger partial charge < -0.3 is 10.2 Å². The maximum Gasteiger partial charge on any atom is 0.243 e. The molecule has 1 N–H and O–H groups in total. The predicted molar refractivity (Wildman–Crippen MR) is 122 cm³/mol. The summed E-state index contributed by atoms with van der Waals surface area (Å²) in [6, 6.07) is 5.50. The van der Waals surface area contributed by atoms with E-state index in [0.29, 0.717) is 44.2 Å². The Balaban J connectivity index is 1.30. The smallest absolute Gasteiger partial charge is 0.243 e. The molecule has 0 radical (unpaired) electrons. The highest BCUT2D eigenvalue weighted by molar-refractivity contribution is 7.89. The average Bonchev–Trinajstić information content (AvgIpc) is 3.27. The van der Waals surface area contributed by atoms with Gasteiger partial charge in [-0.2, -0.15) is 4.31 Å². The van der Waals surface area contributed by atoms with E-state index in [-0.39, 0.29) is 24.3 Å². The second kappa shape index (κ2) is 9.89. The first kappa shape index (κ1) is 23.2. The van der Waals surface area contributed by atoms with E-state index in [1.54, 1.807) is 11.0 Å². The van der Waals surface area contributed by atoms with E-state index in [0.717, 1.165) is 44.2 Å². The van der Waals surface area contributed by atoms with Crippen molar-refractivity contribution < 1.29 is 18.0 Å². The molecule has 0 saturated carbocycles. The first-order chi connectivity index (χ1) is 15.4. The molecule has 1 aromatic rings. The van der Waals surface area contributed by atoms with Crippen LogP contribution in [0.25, 0.3) is 0 Å². The SMILES string of the molecule is CCNC(=O)C1CCCN(CC(=O)N2CCN(S(=O)(=O)c3ccc4c(c3)CCC4)CC2)C1. The van der Waals surface area contributed by atoms with Crippen molar-refractivity contribution in [2.45, 2.75) is 43.9 Å². The summed E-state index contributed by atoms with van der Waals surface area (Å²) in [5.74, 6) is 0.0111. The van der Waals surface area contributed by atoms with Gasteiger partial charge in [-0.25, -0.2) is 8.42 Å². The molecule has 176 valence electrons. The molecular formula is C23H34N4O4S. The average molecular weight is 463 g/mol. The van der Waals surface area contributed by atoms with E-state index in [1.165, 1.54) is 9.87 Å². The van der Waals surface area contributed by atoms with Crippen LogP contribution in [-0.4, -0.2) is 86.7 Å². The van der Waals surface area contributed by atoms with E-state index in [2.05, 4.69) is 10.2 Å². The van der Waals surface area contributed by atoms with Gasteiger partial charge in [0.05, 0.1) is 17.4 Å². The molecule has 32 heavy (non-hydrogen) atoms. The first-order valence-electron chi connectivity index (χ1n) is 11.8. The third kappa shape index (κ3) is 5.00. The van der Waals surface area contributed by atoms with Crippen LogP contribution in [0.5, 0.6) is 0 Å². The lowest BCUT2D eigenvalue weighted by molar-refractivity contribution is -0.135. The van der Waals surface area contributed by atoms with Crippen LogP contribution in [0.4, 0.5) is 0 Å². The molecule has 3 aliphatic rings. The Morgan fingerprint density at radius 1 is 1.03 bits per heavy atom. The Morgan fingerprint density at radius 2 is 1.78 bits per heavy atom. The van der Waals surface area contributed by atoms with E-state index < -0.39 is 10.0 Å². The Morgan fingerprint density at radius 3 is 2.53 bits per heavy atom. The Bertz CT molecular complexity index is 957. The highest BCUT2D eigenvalue weighted by Gasteiger charge is 2.32. The molecule has 0 aromatic heterocycles. The van der Waals surface area contributed by atoms with Crippen LogP contribution in [0, 0.1) is 5.92 Å². The van der Waals surface area contributed by atoms with Crippen LogP contribution in [-0.2, 0) is 32.5 Å².